The van der Waals surface area contributed by atoms with E-state index in [1.807, 2.05) is 13.0 Å². The molecule has 0 aliphatic carbocycles. The molecule has 0 heterocycles. The number of unbranched alkanes of at least 4 members (excludes halogenated alkanes) is 1. The third-order valence-corrected chi connectivity index (χ3v) is 3.28. The molecule has 0 amide bonds. The molecule has 0 aliphatic heterocycles. The Hall–Kier alpha value is -1.16. The van der Waals surface area contributed by atoms with Gasteiger partial charge in [0.05, 0.1) is 6.61 Å². The average Bonchev–Trinajstić information content (AvgIpc) is 2.55. The molecule has 0 radical (unpaired) electrons. The van der Waals surface area contributed by atoms with E-state index in [0.717, 1.165) is 25.0 Å². The van der Waals surface area contributed by atoms with Crippen LogP contribution in [0.25, 0.3) is 0 Å². The summed E-state index contributed by atoms with van der Waals surface area (Å²) >= 11 is 0. The maximum atomic E-state index is 12.5. The number of nitrogens with zero attached hydrogens (tertiary/aromatic N) is 1. The zero-order chi connectivity index (χ0) is 17.8. The summed E-state index contributed by atoms with van der Waals surface area (Å²) in [7, 11) is 1.65. The van der Waals surface area contributed by atoms with E-state index in [4.69, 9.17) is 4.74 Å². The first kappa shape index (κ1) is 23.8. The predicted molar refractivity (Wildman–Crippen MR) is 107 cm³/mol. The molecule has 0 atom stereocenters. The molecule has 8 heteroatoms. The normalized spacial score (nSPS) is 11.2. The number of ether oxygens (including phenoxy) is 2. The van der Waals surface area contributed by atoms with Crippen LogP contribution < -0.4 is 15.4 Å². The molecule has 0 fully saturated rings. The molecule has 1 aromatic rings. The fourth-order valence-electron chi connectivity index (χ4n) is 2.05. The smallest absolute Gasteiger partial charge is 0.387 e. The fourth-order valence-corrected chi connectivity index (χ4v) is 2.05. The summed E-state index contributed by atoms with van der Waals surface area (Å²) in [5, 5.41) is 6.20. The topological polar surface area (TPSA) is 54.9 Å². The van der Waals surface area contributed by atoms with Gasteiger partial charge in [-0.15, -0.1) is 24.0 Å². The van der Waals surface area contributed by atoms with Crippen molar-refractivity contribution in [1.29, 1.82) is 0 Å². The molecule has 1 aromatic carbocycles. The van der Waals surface area contributed by atoms with E-state index < -0.39 is 6.61 Å². The van der Waals surface area contributed by atoms with Crippen molar-refractivity contribution in [2.24, 2.45) is 4.99 Å². The number of rotatable bonds is 10. The van der Waals surface area contributed by atoms with Gasteiger partial charge in [-0.1, -0.05) is 31.0 Å². The van der Waals surface area contributed by atoms with Crippen molar-refractivity contribution in [3.05, 3.63) is 29.3 Å². The molecule has 0 saturated heterocycles. The van der Waals surface area contributed by atoms with Crippen LogP contribution in [0.2, 0.25) is 0 Å². The monoisotopic (exact) mass is 471 g/mol. The number of nitrogens with one attached hydrogen (secondary N) is 2. The Labute approximate surface area is 165 Å². The van der Waals surface area contributed by atoms with Crippen LogP contribution >= 0.6 is 24.0 Å². The van der Waals surface area contributed by atoms with Crippen LogP contribution in [0.1, 0.15) is 30.9 Å². The highest BCUT2D eigenvalue weighted by molar-refractivity contribution is 14.0. The van der Waals surface area contributed by atoms with Gasteiger partial charge in [0.25, 0.3) is 0 Å². The molecule has 1 rings (SSSR count). The molecule has 0 spiro atoms. The summed E-state index contributed by atoms with van der Waals surface area (Å²) in [6.45, 7) is 3.47. The van der Waals surface area contributed by atoms with Crippen LogP contribution in [0, 0.1) is 6.92 Å². The highest BCUT2D eigenvalue weighted by atomic mass is 127. The third-order valence-electron chi connectivity index (χ3n) is 3.28. The number of hydrogen-bond acceptors (Lipinski definition) is 3. The van der Waals surface area contributed by atoms with Crippen LogP contribution in [0.5, 0.6) is 5.75 Å². The largest absolute Gasteiger partial charge is 0.434 e. The summed E-state index contributed by atoms with van der Waals surface area (Å²) in [5.74, 6) is 0.750. The van der Waals surface area contributed by atoms with Crippen molar-refractivity contribution < 1.29 is 18.3 Å². The Morgan fingerprint density at radius 3 is 2.64 bits per heavy atom. The van der Waals surface area contributed by atoms with E-state index in [1.165, 1.54) is 0 Å². The Morgan fingerprint density at radius 2 is 2.00 bits per heavy atom. The minimum Gasteiger partial charge on any atom is -0.434 e. The predicted octanol–water partition coefficient (Wildman–Crippen LogP) is 3.70. The standard InChI is InChI=1S/C17H27F2N3O2.HI/c1-4-5-9-23-10-8-21-17(20-3)22-12-14-11-13(2)6-7-15(14)24-16(18)19;/h6-7,11,16H,4-5,8-10,12H2,1-3H3,(H2,20,21,22);1H. The maximum absolute atomic E-state index is 12.5. The zero-order valence-electron chi connectivity index (χ0n) is 15.0. The van der Waals surface area contributed by atoms with Gasteiger partial charge >= 0.3 is 6.61 Å². The molecule has 0 unspecified atom stereocenters. The van der Waals surface area contributed by atoms with E-state index in [1.54, 1.807) is 19.2 Å². The Balaban J connectivity index is 0.00000576. The van der Waals surface area contributed by atoms with Crippen LogP contribution in [-0.2, 0) is 11.3 Å². The average molecular weight is 471 g/mol. The summed E-state index contributed by atoms with van der Waals surface area (Å²) in [4.78, 5) is 4.10. The summed E-state index contributed by atoms with van der Waals surface area (Å²) in [6, 6.07) is 5.10. The number of aliphatic imine (C=N–C) groups is 1. The van der Waals surface area contributed by atoms with Crippen LogP contribution in [0.15, 0.2) is 23.2 Å². The van der Waals surface area contributed by atoms with Gasteiger partial charge in [0.15, 0.2) is 5.96 Å². The van der Waals surface area contributed by atoms with Crippen LogP contribution in [-0.4, -0.2) is 39.4 Å². The van der Waals surface area contributed by atoms with Gasteiger partial charge in [-0.25, -0.2) is 0 Å². The van der Waals surface area contributed by atoms with Gasteiger partial charge in [0.1, 0.15) is 5.75 Å². The number of guanidine groups is 1. The van der Waals surface area contributed by atoms with Crippen LogP contribution in [0.3, 0.4) is 0 Å². The molecule has 0 aliphatic rings. The lowest BCUT2D eigenvalue weighted by molar-refractivity contribution is -0.0504. The Bertz CT molecular complexity index is 517. The molecular formula is C17H28F2IN3O2. The number of hydrogen-bond donors (Lipinski definition) is 2. The van der Waals surface area contributed by atoms with E-state index in [2.05, 4.69) is 27.3 Å². The Morgan fingerprint density at radius 1 is 1.24 bits per heavy atom. The molecular weight excluding hydrogens is 443 g/mol. The number of aryl methyl sites for hydroxylation is 1. The third kappa shape index (κ3) is 10.4. The quantitative estimate of drug-likeness (QED) is 0.237. The first-order valence-corrected chi connectivity index (χ1v) is 8.13. The van der Waals surface area contributed by atoms with E-state index in [9.17, 15) is 8.78 Å². The van der Waals surface area contributed by atoms with Gasteiger partial charge in [-0.2, -0.15) is 8.78 Å². The second-order valence-electron chi connectivity index (χ2n) is 5.31. The Kier molecular flexibility index (Phi) is 13.4. The summed E-state index contributed by atoms with van der Waals surface area (Å²) in [5.41, 5.74) is 1.62. The minimum absolute atomic E-state index is 0. The van der Waals surface area contributed by atoms with E-state index >= 15 is 0 Å². The van der Waals surface area contributed by atoms with Gasteiger partial charge in [-0.3, -0.25) is 4.99 Å². The second kappa shape index (κ2) is 14.1. The number of alkyl halides is 2. The lowest BCUT2D eigenvalue weighted by Crippen LogP contribution is -2.38. The lowest BCUT2D eigenvalue weighted by Gasteiger charge is -2.15. The van der Waals surface area contributed by atoms with Crippen molar-refractivity contribution in [3.63, 3.8) is 0 Å². The molecule has 144 valence electrons. The van der Waals surface area contributed by atoms with Crippen LogP contribution in [0.4, 0.5) is 8.78 Å². The maximum Gasteiger partial charge on any atom is 0.387 e. The zero-order valence-corrected chi connectivity index (χ0v) is 17.3. The number of benzene rings is 1. The SMILES string of the molecule is CCCCOCCNC(=NC)NCc1cc(C)ccc1OC(F)F.I. The van der Waals surface area contributed by atoms with Crippen molar-refractivity contribution in [2.75, 3.05) is 26.8 Å². The van der Waals surface area contributed by atoms with Gasteiger partial charge in [0, 0.05) is 32.3 Å². The van der Waals surface area contributed by atoms with Gasteiger partial charge < -0.3 is 20.1 Å². The molecule has 25 heavy (non-hydrogen) atoms. The first-order chi connectivity index (χ1) is 11.6. The van der Waals surface area contributed by atoms with E-state index in [0.29, 0.717) is 31.2 Å². The molecule has 0 saturated carbocycles. The minimum atomic E-state index is -2.84. The first-order valence-electron chi connectivity index (χ1n) is 8.13. The van der Waals surface area contributed by atoms with Gasteiger partial charge in [-0.05, 0) is 19.4 Å². The number of halogens is 3. The summed E-state index contributed by atoms with van der Waals surface area (Å²) in [6.07, 6.45) is 2.16. The highest BCUT2D eigenvalue weighted by Gasteiger charge is 2.10. The van der Waals surface area contributed by atoms with E-state index in [-0.39, 0.29) is 29.7 Å². The van der Waals surface area contributed by atoms with Crippen molar-refractivity contribution in [1.82, 2.24) is 10.6 Å². The van der Waals surface area contributed by atoms with Crippen molar-refractivity contribution >= 4 is 29.9 Å². The lowest BCUT2D eigenvalue weighted by atomic mass is 10.1. The van der Waals surface area contributed by atoms with Gasteiger partial charge in [0.2, 0.25) is 0 Å². The fraction of sp³-hybridized carbons (Fsp3) is 0.588. The molecule has 0 bridgehead atoms. The molecule has 5 nitrogen and oxygen atoms in total. The molecule has 2 N–H and O–H groups in total. The van der Waals surface area contributed by atoms with Crippen molar-refractivity contribution in [2.45, 2.75) is 39.8 Å². The van der Waals surface area contributed by atoms with Crippen molar-refractivity contribution in [3.8, 4) is 5.75 Å². The second-order valence-corrected chi connectivity index (χ2v) is 5.31. The highest BCUT2D eigenvalue weighted by Crippen LogP contribution is 2.21. The molecule has 0 aromatic heterocycles. The summed E-state index contributed by atoms with van der Waals surface area (Å²) < 4.78 is 34.9.